The van der Waals surface area contributed by atoms with Crippen molar-refractivity contribution in [2.24, 2.45) is 0 Å². The minimum absolute atomic E-state index is 0.0734. The summed E-state index contributed by atoms with van der Waals surface area (Å²) in [5, 5.41) is 3.41. The molecule has 2 aromatic carbocycles. The molecule has 0 saturated heterocycles. The number of nitrogens with one attached hydrogen (secondary N) is 1. The molecule has 0 aliphatic heterocycles. The lowest BCUT2D eigenvalue weighted by Gasteiger charge is -2.11. The summed E-state index contributed by atoms with van der Waals surface area (Å²) >= 11 is 1.48. The largest absolute Gasteiger partial charge is 0.493 e. The van der Waals surface area contributed by atoms with Gasteiger partial charge in [-0.25, -0.2) is 4.98 Å². The summed E-state index contributed by atoms with van der Waals surface area (Å²) in [5.41, 5.74) is 1.85. The Morgan fingerprint density at radius 2 is 1.82 bits per heavy atom. The fourth-order valence-electron chi connectivity index (χ4n) is 3.63. The van der Waals surface area contributed by atoms with Gasteiger partial charge in [0.2, 0.25) is 5.91 Å². The normalized spacial score (nSPS) is 10.9. The molecule has 7 nitrogen and oxygen atoms in total. The molecule has 0 radical (unpaired) electrons. The first-order chi connectivity index (χ1) is 16.0. The van der Waals surface area contributed by atoms with E-state index in [1.807, 2.05) is 54.6 Å². The van der Waals surface area contributed by atoms with Gasteiger partial charge in [0.15, 0.2) is 11.5 Å². The van der Waals surface area contributed by atoms with Gasteiger partial charge in [-0.1, -0.05) is 36.4 Å². The van der Waals surface area contributed by atoms with Gasteiger partial charge in [-0.3, -0.25) is 14.2 Å². The van der Waals surface area contributed by atoms with Crippen molar-refractivity contribution in [1.29, 1.82) is 0 Å². The second-order valence-electron chi connectivity index (χ2n) is 7.54. The van der Waals surface area contributed by atoms with Gasteiger partial charge in [0.25, 0.3) is 5.56 Å². The Morgan fingerprint density at radius 1 is 1.06 bits per heavy atom. The quantitative estimate of drug-likeness (QED) is 0.430. The van der Waals surface area contributed by atoms with Crippen LogP contribution in [0.3, 0.4) is 0 Å². The first-order valence-corrected chi connectivity index (χ1v) is 11.4. The first kappa shape index (κ1) is 22.5. The van der Waals surface area contributed by atoms with E-state index < -0.39 is 0 Å². The van der Waals surface area contributed by atoms with E-state index in [1.54, 1.807) is 21.1 Å². The maximum atomic E-state index is 13.1. The Morgan fingerprint density at radius 3 is 2.55 bits per heavy atom. The van der Waals surface area contributed by atoms with Crippen LogP contribution in [0.25, 0.3) is 20.7 Å². The first-order valence-electron chi connectivity index (χ1n) is 10.5. The molecule has 4 aromatic rings. The molecule has 0 spiro atoms. The summed E-state index contributed by atoms with van der Waals surface area (Å²) in [6.45, 7) is 2.12. The average Bonchev–Trinajstić information content (AvgIpc) is 3.26. The fourth-order valence-corrected chi connectivity index (χ4v) is 4.70. The van der Waals surface area contributed by atoms with Crippen LogP contribution in [-0.4, -0.2) is 36.2 Å². The van der Waals surface area contributed by atoms with Crippen molar-refractivity contribution in [1.82, 2.24) is 14.9 Å². The molecule has 0 aliphatic rings. The van der Waals surface area contributed by atoms with Crippen LogP contribution in [0.5, 0.6) is 11.5 Å². The second-order valence-corrected chi connectivity index (χ2v) is 8.57. The molecule has 2 heterocycles. The van der Waals surface area contributed by atoms with Crippen LogP contribution in [0.2, 0.25) is 0 Å². The SMILES string of the molecule is COc1ccc(CCNC(=O)Cn2c(C)nc3sc(-c4ccccc4)cc3c2=O)cc1OC. The standard InChI is InChI=1S/C25H25N3O4S/c1-16-27-24-19(14-22(33-24)18-7-5-4-6-8-18)25(30)28(16)15-23(29)26-12-11-17-9-10-20(31-2)21(13-17)32-3/h4-10,13-14H,11-12,15H2,1-3H3,(H,26,29). The smallest absolute Gasteiger partial charge is 0.262 e. The Labute approximate surface area is 195 Å². The molecule has 0 bridgehead atoms. The maximum Gasteiger partial charge on any atom is 0.262 e. The molecule has 0 unspecified atom stereocenters. The van der Waals surface area contributed by atoms with Gasteiger partial charge in [-0.15, -0.1) is 11.3 Å². The Bertz CT molecular complexity index is 1350. The summed E-state index contributed by atoms with van der Waals surface area (Å²) in [4.78, 5) is 31.9. The van der Waals surface area contributed by atoms with Crippen molar-refractivity contribution in [2.45, 2.75) is 19.9 Å². The number of aryl methyl sites for hydroxylation is 1. The molecule has 0 atom stereocenters. The van der Waals surface area contributed by atoms with Gasteiger partial charge in [0.1, 0.15) is 17.2 Å². The highest BCUT2D eigenvalue weighted by Crippen LogP contribution is 2.31. The molecule has 0 saturated carbocycles. The van der Waals surface area contributed by atoms with Crippen molar-refractivity contribution < 1.29 is 14.3 Å². The Kier molecular flexibility index (Phi) is 6.74. The monoisotopic (exact) mass is 463 g/mol. The Balaban J connectivity index is 1.45. The van der Waals surface area contributed by atoms with Crippen LogP contribution in [0, 0.1) is 6.92 Å². The van der Waals surface area contributed by atoms with Crippen LogP contribution < -0.4 is 20.3 Å². The number of aromatic nitrogens is 2. The molecule has 1 amide bonds. The number of hydrogen-bond donors (Lipinski definition) is 1. The molecule has 33 heavy (non-hydrogen) atoms. The number of amides is 1. The molecule has 8 heteroatoms. The number of rotatable bonds is 8. The molecular formula is C25H25N3O4S. The van der Waals surface area contributed by atoms with Gasteiger partial charge in [-0.2, -0.15) is 0 Å². The number of fused-ring (bicyclic) bond motifs is 1. The molecule has 1 N–H and O–H groups in total. The topological polar surface area (TPSA) is 82.5 Å². The van der Waals surface area contributed by atoms with Crippen molar-refractivity contribution >= 4 is 27.5 Å². The molecular weight excluding hydrogens is 438 g/mol. The number of carbonyl (C=O) groups is 1. The van der Waals surface area contributed by atoms with Gasteiger partial charge < -0.3 is 14.8 Å². The summed E-state index contributed by atoms with van der Waals surface area (Å²) in [7, 11) is 3.18. The fraction of sp³-hybridized carbons (Fsp3) is 0.240. The van der Waals surface area contributed by atoms with Gasteiger partial charge in [-0.05, 0) is 42.7 Å². The highest BCUT2D eigenvalue weighted by atomic mass is 32.1. The third kappa shape index (κ3) is 4.90. The minimum Gasteiger partial charge on any atom is -0.493 e. The number of carbonyl (C=O) groups excluding carboxylic acids is 1. The van der Waals surface area contributed by atoms with Crippen molar-refractivity contribution in [2.75, 3.05) is 20.8 Å². The zero-order valence-electron chi connectivity index (χ0n) is 18.8. The number of methoxy groups -OCH3 is 2. The van der Waals surface area contributed by atoms with Gasteiger partial charge in [0.05, 0.1) is 19.6 Å². The lowest BCUT2D eigenvalue weighted by molar-refractivity contribution is -0.121. The van der Waals surface area contributed by atoms with E-state index in [4.69, 9.17) is 9.47 Å². The van der Waals surface area contributed by atoms with Crippen molar-refractivity contribution in [3.05, 3.63) is 76.3 Å². The highest BCUT2D eigenvalue weighted by molar-refractivity contribution is 7.21. The zero-order chi connectivity index (χ0) is 23.4. The third-order valence-corrected chi connectivity index (χ3v) is 6.46. The predicted molar refractivity (Wildman–Crippen MR) is 130 cm³/mol. The Hall–Kier alpha value is -3.65. The number of hydrogen-bond acceptors (Lipinski definition) is 6. The highest BCUT2D eigenvalue weighted by Gasteiger charge is 2.15. The minimum atomic E-state index is -0.236. The van der Waals surface area contributed by atoms with Crippen LogP contribution in [0.15, 0.2) is 59.4 Å². The third-order valence-electron chi connectivity index (χ3n) is 5.39. The summed E-state index contributed by atoms with van der Waals surface area (Å²) in [5.74, 6) is 1.59. The predicted octanol–water partition coefficient (Wildman–Crippen LogP) is 3.81. The number of thiophene rings is 1. The summed E-state index contributed by atoms with van der Waals surface area (Å²) in [6, 6.07) is 17.4. The molecule has 0 aliphatic carbocycles. The lowest BCUT2D eigenvalue weighted by atomic mass is 10.1. The zero-order valence-corrected chi connectivity index (χ0v) is 19.6. The van der Waals surface area contributed by atoms with E-state index in [0.717, 1.165) is 16.0 Å². The lowest BCUT2D eigenvalue weighted by Crippen LogP contribution is -2.34. The second kappa shape index (κ2) is 9.87. The molecule has 4 rings (SSSR count). The molecule has 2 aromatic heterocycles. The summed E-state index contributed by atoms with van der Waals surface area (Å²) < 4.78 is 12.0. The van der Waals surface area contributed by atoms with Gasteiger partial charge in [0, 0.05) is 11.4 Å². The van der Waals surface area contributed by atoms with Crippen LogP contribution >= 0.6 is 11.3 Å². The average molecular weight is 464 g/mol. The van der Waals surface area contributed by atoms with E-state index in [0.29, 0.717) is 40.5 Å². The van der Waals surface area contributed by atoms with E-state index in [2.05, 4.69) is 10.3 Å². The van der Waals surface area contributed by atoms with E-state index in [-0.39, 0.29) is 18.0 Å². The van der Waals surface area contributed by atoms with Crippen molar-refractivity contribution in [3.8, 4) is 21.9 Å². The number of nitrogens with zero attached hydrogens (tertiary/aromatic N) is 2. The molecule has 0 fully saturated rings. The van der Waals surface area contributed by atoms with Crippen molar-refractivity contribution in [3.63, 3.8) is 0 Å². The molecule has 170 valence electrons. The van der Waals surface area contributed by atoms with Crippen LogP contribution in [-0.2, 0) is 17.8 Å². The summed E-state index contributed by atoms with van der Waals surface area (Å²) in [6.07, 6.45) is 0.627. The van der Waals surface area contributed by atoms with E-state index in [9.17, 15) is 9.59 Å². The maximum absolute atomic E-state index is 13.1. The van der Waals surface area contributed by atoms with Crippen LogP contribution in [0.1, 0.15) is 11.4 Å². The number of benzene rings is 2. The van der Waals surface area contributed by atoms with Gasteiger partial charge >= 0.3 is 0 Å². The van der Waals surface area contributed by atoms with Crippen LogP contribution in [0.4, 0.5) is 0 Å². The van der Waals surface area contributed by atoms with E-state index >= 15 is 0 Å². The van der Waals surface area contributed by atoms with E-state index in [1.165, 1.54) is 15.9 Å². The number of ether oxygens (including phenoxy) is 2.